The van der Waals surface area contributed by atoms with E-state index in [1.165, 1.54) is 0 Å². The maximum Gasteiger partial charge on any atom is 0.196 e. The fourth-order valence-electron chi connectivity index (χ4n) is 10.7. The molecule has 0 aliphatic carbocycles. The molecule has 0 saturated carbocycles. The highest BCUT2D eigenvalue weighted by atomic mass is 15.0. The molecule has 13 rings (SSSR count). The lowest BCUT2D eigenvalue weighted by Crippen LogP contribution is -2.04. The van der Waals surface area contributed by atoms with Crippen LogP contribution in [0.15, 0.2) is 218 Å². The molecule has 3 heterocycles. The van der Waals surface area contributed by atoms with Gasteiger partial charge in [0.2, 0.25) is 0 Å². The minimum absolute atomic E-state index is 0.392. The van der Waals surface area contributed by atoms with E-state index in [-0.39, 0.29) is 0 Å². The van der Waals surface area contributed by atoms with Gasteiger partial charge in [0.25, 0.3) is 0 Å². The summed E-state index contributed by atoms with van der Waals surface area (Å²) in [6.45, 7) is 23.6. The molecular weight excluding hydrogens is 957 g/mol. The lowest BCUT2D eigenvalue weighted by Gasteiger charge is -2.20. The summed E-state index contributed by atoms with van der Waals surface area (Å²) in [5.74, 6) is 1.53. The molecule has 0 saturated heterocycles. The molecule has 10 aromatic carbocycles. The van der Waals surface area contributed by atoms with E-state index in [9.17, 15) is 10.5 Å². The van der Waals surface area contributed by atoms with Crippen molar-refractivity contribution in [1.82, 2.24) is 24.1 Å². The smallest absolute Gasteiger partial charge is 0.196 e. The summed E-state index contributed by atoms with van der Waals surface area (Å²) in [4.78, 5) is 26.6. The van der Waals surface area contributed by atoms with Gasteiger partial charge in [-0.15, -0.1) is 0 Å². The van der Waals surface area contributed by atoms with Gasteiger partial charge in [-0.05, 0) is 101 Å². The van der Waals surface area contributed by atoms with Crippen LogP contribution in [0.25, 0.3) is 137 Å². The maximum atomic E-state index is 10.7. The van der Waals surface area contributed by atoms with Crippen LogP contribution in [-0.4, -0.2) is 24.1 Å². The summed E-state index contributed by atoms with van der Waals surface area (Å²) >= 11 is 0. The summed E-state index contributed by atoms with van der Waals surface area (Å²) in [6.07, 6.45) is 0. The van der Waals surface area contributed by atoms with Crippen LogP contribution in [0.2, 0.25) is 0 Å². The van der Waals surface area contributed by atoms with Gasteiger partial charge in [-0.2, -0.15) is 10.5 Å². The number of nitrogens with zero attached hydrogens (tertiary/aromatic N) is 10. The van der Waals surface area contributed by atoms with Crippen molar-refractivity contribution in [2.24, 2.45) is 0 Å². The fraction of sp³-hybridized carbons (Fsp3) is 0. The number of hydrogen-bond acceptors (Lipinski definition) is 5. The molecule has 0 aliphatic heterocycles. The Labute approximate surface area is 448 Å². The van der Waals surface area contributed by atoms with E-state index in [0.29, 0.717) is 45.7 Å². The van der Waals surface area contributed by atoms with Gasteiger partial charge in [0.1, 0.15) is 0 Å². The van der Waals surface area contributed by atoms with Crippen molar-refractivity contribution < 1.29 is 0 Å². The highest BCUT2D eigenvalue weighted by molar-refractivity contribution is 6.13. The first-order chi connectivity index (χ1) is 38.4. The van der Waals surface area contributed by atoms with Crippen LogP contribution < -0.4 is 0 Å². The van der Waals surface area contributed by atoms with Crippen LogP contribution in [0, 0.1) is 42.4 Å². The zero-order chi connectivity index (χ0) is 52.9. The van der Waals surface area contributed by atoms with E-state index < -0.39 is 0 Å². The van der Waals surface area contributed by atoms with Crippen LogP contribution in [0.3, 0.4) is 0 Å². The molecule has 78 heavy (non-hydrogen) atoms. The van der Waals surface area contributed by atoms with Crippen molar-refractivity contribution >= 4 is 60.7 Å². The van der Waals surface area contributed by atoms with Crippen molar-refractivity contribution in [2.45, 2.75) is 0 Å². The molecule has 0 atom stereocenters. The molecule has 0 radical (unpaired) electrons. The number of nitriles is 2. The number of rotatable bonds is 8. The molecule has 0 N–H and O–H groups in total. The number of aromatic nitrogens is 5. The second-order valence-corrected chi connectivity index (χ2v) is 18.7. The van der Waals surface area contributed by atoms with Gasteiger partial charge in [-0.3, -0.25) is 0 Å². The van der Waals surface area contributed by atoms with Crippen LogP contribution in [0.5, 0.6) is 0 Å². The van der Waals surface area contributed by atoms with Gasteiger partial charge in [0.15, 0.2) is 34.5 Å². The van der Waals surface area contributed by atoms with Gasteiger partial charge in [-0.25, -0.2) is 29.5 Å². The highest BCUT2D eigenvalue weighted by Crippen LogP contribution is 2.45. The second kappa shape index (κ2) is 18.9. The topological polar surface area (TPSA) is 109 Å². The average Bonchev–Trinajstić information content (AvgIpc) is 4.25. The van der Waals surface area contributed by atoms with E-state index in [0.717, 1.165) is 105 Å². The Morgan fingerprint density at radius 2 is 0.795 bits per heavy atom. The van der Waals surface area contributed by atoms with Crippen LogP contribution in [0.4, 0.5) is 17.1 Å². The Hall–Kier alpha value is -11.7. The molecule has 358 valence electrons. The number of benzene rings is 10. The summed E-state index contributed by atoms with van der Waals surface area (Å²) < 4.78 is 4.49. The Morgan fingerprint density at radius 3 is 1.35 bits per heavy atom. The first kappa shape index (κ1) is 46.1. The lowest BCUT2D eigenvalue weighted by molar-refractivity contribution is 1.07. The van der Waals surface area contributed by atoms with Crippen molar-refractivity contribution in [3.63, 3.8) is 0 Å². The van der Waals surface area contributed by atoms with Gasteiger partial charge in [0, 0.05) is 54.9 Å². The Kier molecular flexibility index (Phi) is 11.2. The minimum Gasteiger partial charge on any atom is -0.309 e. The molecule has 0 amide bonds. The van der Waals surface area contributed by atoms with Gasteiger partial charge < -0.3 is 9.13 Å². The second-order valence-electron chi connectivity index (χ2n) is 18.7. The average molecular weight is 993 g/mol. The predicted octanol–water partition coefficient (Wildman–Crippen LogP) is 17.5. The zero-order valence-corrected chi connectivity index (χ0v) is 41.3. The first-order valence-electron chi connectivity index (χ1n) is 24.9. The number of fused-ring (bicyclic) bond motifs is 6. The fourth-order valence-corrected chi connectivity index (χ4v) is 10.7. The maximum absolute atomic E-state index is 10.7. The number of hydrogen-bond donors (Lipinski definition) is 0. The molecule has 0 unspecified atom stereocenters. The molecule has 0 spiro atoms. The Morgan fingerprint density at radius 1 is 0.333 bits per heavy atom. The molecule has 0 aliphatic rings. The molecule has 0 bridgehead atoms. The van der Waals surface area contributed by atoms with Crippen LogP contribution in [-0.2, 0) is 0 Å². The zero-order valence-electron chi connectivity index (χ0n) is 41.3. The standard InChI is InChI=1S/C68H36N10/c1-71-49-27-30-51(59(39-49)73-3)47-24-31-62-55(37-47)52-18-10-12-20-60(52)77(62)63-33-26-48(68-75-66(44-14-6-4-7-15-44)74-67(76-68)45-16-8-5-9-17-45)38-57(63)54-29-23-43(41-70)35-65(54)78-61-21-13-11-19-53(61)56-36-46(25-32-64(56)78)50-28-22-42(40-69)34-58(50)72-2/h4-39H. The molecule has 10 heteroatoms. The first-order valence-corrected chi connectivity index (χ1v) is 24.9. The van der Waals surface area contributed by atoms with E-state index in [2.05, 4.69) is 103 Å². The SMILES string of the molecule is [C-]#[N+]c1ccc(-c2ccc3c(c2)c2ccccc2n3-c2ccc(-c3nc(-c4ccccc4)nc(-c4ccccc4)n3)cc2-c2ccc(C#N)cc2-n2c3ccccc3c3cc(-c4ccc(C#N)cc4[N+]#[C-])ccc32)c([N+]#[C-])c1. The van der Waals surface area contributed by atoms with Crippen LogP contribution >= 0.6 is 0 Å². The van der Waals surface area contributed by atoms with Crippen LogP contribution in [0.1, 0.15) is 11.1 Å². The lowest BCUT2D eigenvalue weighted by atomic mass is 9.96. The Balaban J connectivity index is 1.10. The molecule has 0 fully saturated rings. The third-order valence-corrected chi connectivity index (χ3v) is 14.3. The molecule has 10 nitrogen and oxygen atoms in total. The molecule has 13 aromatic rings. The van der Waals surface area contributed by atoms with Crippen molar-refractivity contribution in [1.29, 1.82) is 10.5 Å². The third kappa shape index (κ3) is 7.74. The van der Waals surface area contributed by atoms with E-state index in [1.807, 2.05) is 127 Å². The monoisotopic (exact) mass is 992 g/mol. The van der Waals surface area contributed by atoms with Gasteiger partial charge >= 0.3 is 0 Å². The minimum atomic E-state index is 0.392. The van der Waals surface area contributed by atoms with Crippen molar-refractivity contribution in [3.8, 4) is 91.1 Å². The highest BCUT2D eigenvalue weighted by Gasteiger charge is 2.24. The molecular formula is C68H36N10. The van der Waals surface area contributed by atoms with Gasteiger partial charge in [0.05, 0.1) is 70.9 Å². The molecule has 3 aromatic heterocycles. The summed E-state index contributed by atoms with van der Waals surface area (Å²) in [5.41, 5.74) is 14.6. The summed E-state index contributed by atoms with van der Waals surface area (Å²) in [7, 11) is 0. The summed E-state index contributed by atoms with van der Waals surface area (Å²) in [5, 5.41) is 24.2. The Bertz CT molecular complexity index is 4800. The summed E-state index contributed by atoms with van der Waals surface area (Å²) in [6, 6.07) is 75.9. The van der Waals surface area contributed by atoms with Crippen molar-refractivity contribution in [3.05, 3.63) is 264 Å². The predicted molar refractivity (Wildman–Crippen MR) is 309 cm³/mol. The van der Waals surface area contributed by atoms with Crippen molar-refractivity contribution in [2.75, 3.05) is 0 Å². The van der Waals surface area contributed by atoms with Gasteiger partial charge in [-0.1, -0.05) is 140 Å². The normalized spacial score (nSPS) is 11.0. The van der Waals surface area contributed by atoms with E-state index in [4.69, 9.17) is 34.7 Å². The quantitative estimate of drug-likeness (QED) is 0.141. The largest absolute Gasteiger partial charge is 0.309 e. The van der Waals surface area contributed by atoms with E-state index in [1.54, 1.807) is 24.3 Å². The third-order valence-electron chi connectivity index (χ3n) is 14.3. The van der Waals surface area contributed by atoms with E-state index >= 15 is 0 Å². The number of para-hydroxylation sites is 2.